The summed E-state index contributed by atoms with van der Waals surface area (Å²) in [4.78, 5) is 48.6. The third kappa shape index (κ3) is 58.3. The molecule has 0 saturated carbocycles. The zero-order valence-electron chi connectivity index (χ0n) is 50.2. The molecule has 2 N–H and O–H groups in total. The summed E-state index contributed by atoms with van der Waals surface area (Å²) in [5, 5.41) is 9.85. The van der Waals surface area contributed by atoms with Crippen LogP contribution in [0.5, 0.6) is 0 Å². The molecular formula is C68H111O11P. The van der Waals surface area contributed by atoms with Crippen LogP contribution in [-0.4, -0.2) is 66.5 Å². The van der Waals surface area contributed by atoms with E-state index in [1.165, 1.54) is 51.4 Å². The Bertz CT molecular complexity index is 1850. The van der Waals surface area contributed by atoms with Gasteiger partial charge in [0.2, 0.25) is 0 Å². The molecule has 0 saturated heterocycles. The van der Waals surface area contributed by atoms with Gasteiger partial charge in [0.15, 0.2) is 6.10 Å². The first-order valence-electron chi connectivity index (χ1n) is 31.1. The van der Waals surface area contributed by atoms with Crippen molar-refractivity contribution in [2.75, 3.05) is 26.4 Å². The van der Waals surface area contributed by atoms with Gasteiger partial charge in [0.1, 0.15) is 12.7 Å². The van der Waals surface area contributed by atoms with Gasteiger partial charge < -0.3 is 24.2 Å². The second-order valence-electron chi connectivity index (χ2n) is 20.1. The molecular weight excluding hydrogens is 1020 g/mol. The number of unbranched alkanes of at least 4 members (excludes halogenated alkanes) is 18. The van der Waals surface area contributed by atoms with Gasteiger partial charge >= 0.3 is 25.7 Å². The highest BCUT2D eigenvalue weighted by molar-refractivity contribution is 7.47. The Kier molecular flexibility index (Phi) is 57.4. The van der Waals surface area contributed by atoms with Crippen molar-refractivity contribution in [1.29, 1.82) is 0 Å². The Morgan fingerprint density at radius 3 is 1.06 bits per heavy atom. The average molecular weight is 1140 g/mol. The number of ether oxygens (including phenoxy) is 3. The van der Waals surface area contributed by atoms with Gasteiger partial charge in [0.05, 0.1) is 26.2 Å². The van der Waals surface area contributed by atoms with Crippen LogP contribution >= 0.6 is 7.82 Å². The van der Waals surface area contributed by atoms with Gasteiger partial charge in [-0.3, -0.25) is 23.4 Å². The molecule has 0 radical (unpaired) electrons. The molecule has 0 aliphatic rings. The summed E-state index contributed by atoms with van der Waals surface area (Å²) in [6.45, 7) is 4.33. The standard InChI is InChI=1S/C68H111O11P/c1-4-7-10-13-16-19-22-25-28-30-32-34-37-40-43-46-49-52-55-58-67(71)78-64(60-69)62-76-80(73,74)77-63-65(61-75-66(70)57-54-51-48-45-42-39-36-27-24-21-18-15-12-9-6-3)79-68(72)59-56-53-50-47-44-41-38-35-33-31-29-26-23-20-17-14-11-8-5-2/h9,12,16-21,25-29,32-36,42,45,51,54,64-65,69H,4-8,10-11,13-15,22-24,30-31,37-41,43-44,46-50,52-53,55-63H2,1-3H3,(H,73,74)/b12-9-,19-16-,20-17-,21-18-,28-25-,29-26-,34-32-,35-33-,36-27-,45-42-,54-51-. The first-order chi connectivity index (χ1) is 39.2. The number of aliphatic hydroxyl groups is 1. The number of aliphatic hydroxyl groups excluding tert-OH is 1. The number of esters is 3. The number of rotatable bonds is 56. The Hall–Kier alpha value is -4.38. The smallest absolute Gasteiger partial charge is 0.461 e. The van der Waals surface area contributed by atoms with Crippen molar-refractivity contribution in [2.45, 2.75) is 251 Å². The number of allylic oxidation sites excluding steroid dienone is 21. The number of hydrogen-bond acceptors (Lipinski definition) is 10. The van der Waals surface area contributed by atoms with Gasteiger partial charge in [-0.15, -0.1) is 0 Å². The van der Waals surface area contributed by atoms with Gasteiger partial charge in [-0.2, -0.15) is 0 Å². The summed E-state index contributed by atoms with van der Waals surface area (Å²) in [5.41, 5.74) is 0. The van der Waals surface area contributed by atoms with Crippen molar-refractivity contribution < 1.29 is 52.2 Å². The molecule has 0 aromatic carbocycles. The van der Waals surface area contributed by atoms with E-state index in [0.29, 0.717) is 19.3 Å². The number of phosphoric acid groups is 1. The molecule has 11 nitrogen and oxygen atoms in total. The van der Waals surface area contributed by atoms with Gasteiger partial charge in [0.25, 0.3) is 0 Å². The van der Waals surface area contributed by atoms with Crippen LogP contribution < -0.4 is 0 Å². The Balaban J connectivity index is 4.82. The molecule has 0 aromatic rings. The quantitative estimate of drug-likeness (QED) is 0.0197. The fourth-order valence-corrected chi connectivity index (χ4v) is 8.64. The molecule has 0 aliphatic heterocycles. The molecule has 0 fully saturated rings. The lowest BCUT2D eigenvalue weighted by atomic mass is 10.1. The van der Waals surface area contributed by atoms with E-state index in [4.69, 9.17) is 23.3 Å². The zero-order chi connectivity index (χ0) is 58.3. The normalized spacial score (nSPS) is 14.2. The van der Waals surface area contributed by atoms with Crippen LogP contribution in [-0.2, 0) is 42.2 Å². The summed E-state index contributed by atoms with van der Waals surface area (Å²) in [5.74, 6) is -1.66. The molecule has 0 bridgehead atoms. The summed E-state index contributed by atoms with van der Waals surface area (Å²) >= 11 is 0. The van der Waals surface area contributed by atoms with E-state index < -0.39 is 64.4 Å². The molecule has 0 aliphatic carbocycles. The lowest BCUT2D eigenvalue weighted by molar-refractivity contribution is -0.161. The summed E-state index contributed by atoms with van der Waals surface area (Å²) in [6.07, 6.45) is 77.1. The molecule has 454 valence electrons. The highest BCUT2D eigenvalue weighted by Crippen LogP contribution is 2.43. The minimum Gasteiger partial charge on any atom is -0.461 e. The van der Waals surface area contributed by atoms with Crippen molar-refractivity contribution in [3.05, 3.63) is 134 Å². The van der Waals surface area contributed by atoms with E-state index in [9.17, 15) is 28.9 Å². The van der Waals surface area contributed by atoms with E-state index in [1.807, 2.05) is 12.2 Å². The maximum atomic E-state index is 12.9. The molecule has 0 amide bonds. The van der Waals surface area contributed by atoms with Gasteiger partial charge in [-0.25, -0.2) is 4.57 Å². The largest absolute Gasteiger partial charge is 0.472 e. The predicted molar refractivity (Wildman–Crippen MR) is 334 cm³/mol. The first-order valence-corrected chi connectivity index (χ1v) is 32.6. The molecule has 0 rings (SSSR count). The lowest BCUT2D eigenvalue weighted by Gasteiger charge is -2.21. The van der Waals surface area contributed by atoms with Crippen molar-refractivity contribution in [1.82, 2.24) is 0 Å². The third-order valence-corrected chi connectivity index (χ3v) is 13.5. The number of carbonyl (C=O) groups excluding carboxylic acids is 3. The van der Waals surface area contributed by atoms with Crippen molar-refractivity contribution in [3.63, 3.8) is 0 Å². The predicted octanol–water partition coefficient (Wildman–Crippen LogP) is 18.9. The maximum Gasteiger partial charge on any atom is 0.472 e. The Labute approximate surface area is 487 Å². The van der Waals surface area contributed by atoms with Gasteiger partial charge in [-0.05, 0) is 122 Å². The minimum atomic E-state index is -4.79. The number of phosphoric ester groups is 1. The third-order valence-electron chi connectivity index (χ3n) is 12.6. The number of hydrogen-bond donors (Lipinski definition) is 2. The topological polar surface area (TPSA) is 155 Å². The fourth-order valence-electron chi connectivity index (χ4n) is 7.85. The summed E-state index contributed by atoms with van der Waals surface area (Å²) < 4.78 is 39.5. The number of carbonyl (C=O) groups is 3. The summed E-state index contributed by atoms with van der Waals surface area (Å²) in [6, 6.07) is 0. The van der Waals surface area contributed by atoms with Crippen LogP contribution in [0, 0.1) is 0 Å². The van der Waals surface area contributed by atoms with Gasteiger partial charge in [-0.1, -0.05) is 231 Å². The molecule has 80 heavy (non-hydrogen) atoms. The second-order valence-corrected chi connectivity index (χ2v) is 21.6. The van der Waals surface area contributed by atoms with E-state index in [-0.39, 0.29) is 19.3 Å². The Morgan fingerprint density at radius 2 is 0.688 bits per heavy atom. The minimum absolute atomic E-state index is 0.0162. The Morgan fingerprint density at radius 1 is 0.375 bits per heavy atom. The maximum absolute atomic E-state index is 12.9. The van der Waals surface area contributed by atoms with Crippen LogP contribution in [0.2, 0.25) is 0 Å². The first kappa shape index (κ1) is 75.6. The fraction of sp³-hybridized carbons (Fsp3) is 0.632. The molecule has 12 heteroatoms. The summed E-state index contributed by atoms with van der Waals surface area (Å²) in [7, 11) is -4.79. The monoisotopic (exact) mass is 1130 g/mol. The highest BCUT2D eigenvalue weighted by Gasteiger charge is 2.28. The molecule has 3 atom stereocenters. The average Bonchev–Trinajstić information content (AvgIpc) is 3.45. The van der Waals surface area contributed by atoms with Crippen molar-refractivity contribution in [3.8, 4) is 0 Å². The molecule has 3 unspecified atom stereocenters. The van der Waals surface area contributed by atoms with Crippen LogP contribution in [0.15, 0.2) is 134 Å². The molecule has 0 aromatic heterocycles. The van der Waals surface area contributed by atoms with Crippen LogP contribution in [0.1, 0.15) is 239 Å². The molecule has 0 heterocycles. The van der Waals surface area contributed by atoms with E-state index in [1.54, 1.807) is 6.08 Å². The zero-order valence-corrected chi connectivity index (χ0v) is 51.1. The second kappa shape index (κ2) is 60.7. The van der Waals surface area contributed by atoms with E-state index >= 15 is 0 Å². The van der Waals surface area contributed by atoms with Gasteiger partial charge in [0, 0.05) is 12.8 Å². The lowest BCUT2D eigenvalue weighted by Crippen LogP contribution is -2.30. The molecule has 0 spiro atoms. The SMILES string of the molecule is CC/C=C\C/C=C\C/C=C\C/C=C\C/C=C\CC(=O)OCC(COP(=O)(O)OCC(CO)OC(=O)CCCCCCCC/C=C\C/C=C\C/C=C\CCCCC)OC(=O)CCCCCCCC/C=C\C/C=C\C/C=C\CCCCC. The van der Waals surface area contributed by atoms with E-state index in [0.717, 1.165) is 128 Å². The van der Waals surface area contributed by atoms with Crippen LogP contribution in [0.3, 0.4) is 0 Å². The van der Waals surface area contributed by atoms with Crippen molar-refractivity contribution in [2.24, 2.45) is 0 Å². The van der Waals surface area contributed by atoms with Crippen LogP contribution in [0.4, 0.5) is 0 Å². The van der Waals surface area contributed by atoms with E-state index in [2.05, 4.69) is 136 Å². The van der Waals surface area contributed by atoms with Crippen molar-refractivity contribution >= 4 is 25.7 Å². The van der Waals surface area contributed by atoms with Crippen LogP contribution in [0.25, 0.3) is 0 Å². The highest BCUT2D eigenvalue weighted by atomic mass is 31.2.